The number of carbonyl (C=O) groups is 2. The number of carbonyl (C=O) groups excluding carboxylic acids is 2. The van der Waals surface area contributed by atoms with E-state index in [0.717, 1.165) is 29.2 Å². The fraction of sp³-hybridized carbons (Fsp3) is 0.407. The Morgan fingerprint density at radius 3 is 2.62 bits per heavy atom. The van der Waals surface area contributed by atoms with Crippen LogP contribution in [-0.2, 0) is 26.2 Å². The van der Waals surface area contributed by atoms with Crippen LogP contribution in [0.4, 0.5) is 5.95 Å². The number of benzene rings is 2. The Morgan fingerprint density at radius 1 is 1.12 bits per heavy atom. The molecule has 0 bridgehead atoms. The number of amides is 2. The first-order valence-electron chi connectivity index (χ1n) is 13.2. The maximum absolute atomic E-state index is 13.4. The number of halogens is 1. The highest BCUT2D eigenvalue weighted by Gasteiger charge is 2.40. The third-order valence-corrected chi connectivity index (χ3v) is 9.20. The first-order chi connectivity index (χ1) is 19.1. The molecule has 11 nitrogen and oxygen atoms in total. The molecule has 5 rings (SSSR count). The third-order valence-electron chi connectivity index (χ3n) is 7.50. The van der Waals surface area contributed by atoms with Gasteiger partial charge < -0.3 is 20.9 Å². The number of sulfonamides is 1. The summed E-state index contributed by atoms with van der Waals surface area (Å²) >= 11 is 6.03. The normalized spacial score (nSPS) is 20.7. The lowest BCUT2D eigenvalue weighted by molar-refractivity contribution is -0.144. The van der Waals surface area contributed by atoms with Crippen molar-refractivity contribution >= 4 is 50.2 Å². The molecule has 13 heteroatoms. The monoisotopic (exact) mass is 585 g/mol. The molecule has 0 spiro atoms. The first-order valence-corrected chi connectivity index (χ1v) is 15.1. The average molecular weight is 586 g/mol. The summed E-state index contributed by atoms with van der Waals surface area (Å²) in [6.07, 6.45) is 5.38. The Labute approximate surface area is 238 Å². The Bertz CT molecular complexity index is 1520. The van der Waals surface area contributed by atoms with E-state index in [-0.39, 0.29) is 29.2 Å². The minimum Gasteiger partial charge on any atom is -0.368 e. The maximum Gasteiger partial charge on any atom is 0.245 e. The van der Waals surface area contributed by atoms with E-state index in [9.17, 15) is 18.0 Å². The van der Waals surface area contributed by atoms with Crippen molar-refractivity contribution in [3.63, 3.8) is 0 Å². The number of nitrogen functional groups attached to an aromatic ring is 1. The molecule has 0 aliphatic carbocycles. The van der Waals surface area contributed by atoms with E-state index in [4.69, 9.17) is 17.3 Å². The minimum atomic E-state index is -3.96. The first kappa shape index (κ1) is 28.2. The van der Waals surface area contributed by atoms with Gasteiger partial charge in [0.05, 0.1) is 4.90 Å². The quantitative estimate of drug-likeness (QED) is 0.363. The number of anilines is 1. The molecule has 2 aliphatic heterocycles. The summed E-state index contributed by atoms with van der Waals surface area (Å²) < 4.78 is 28.8. The van der Waals surface area contributed by atoms with Gasteiger partial charge in [-0.05, 0) is 61.2 Å². The van der Waals surface area contributed by atoms with Gasteiger partial charge >= 0.3 is 0 Å². The summed E-state index contributed by atoms with van der Waals surface area (Å²) in [6, 6.07) is 8.39. The van der Waals surface area contributed by atoms with Crippen molar-refractivity contribution < 1.29 is 18.0 Å². The van der Waals surface area contributed by atoms with Gasteiger partial charge in [-0.1, -0.05) is 23.7 Å². The highest BCUT2D eigenvalue weighted by atomic mass is 35.5. The lowest BCUT2D eigenvalue weighted by Gasteiger charge is -2.36. The van der Waals surface area contributed by atoms with E-state index >= 15 is 0 Å². The summed E-state index contributed by atoms with van der Waals surface area (Å²) in [5.74, 6) is -0.322. The third kappa shape index (κ3) is 6.20. The standard InChI is InChI=1S/C27H32ClN7O4S/c1-17(25(36)34-9-2-3-22(16-34)30-13-18-14-31-27(29)32-15-18)35-10-8-24(26(35)37)33-40(38,39)23-7-5-19-11-21(28)6-4-20(19)12-23/h4-7,11-12,14-15,17,22,24,30,33H,2-3,8-10,13,16H2,1H3,(H2,29,31,32)/t17-,22?,24?/m0/s1. The molecule has 2 aromatic carbocycles. The van der Waals surface area contributed by atoms with Crippen LogP contribution < -0.4 is 15.8 Å². The van der Waals surface area contributed by atoms with Crippen LogP contribution in [0.1, 0.15) is 31.7 Å². The van der Waals surface area contributed by atoms with Crippen LogP contribution in [0.3, 0.4) is 0 Å². The van der Waals surface area contributed by atoms with Crippen molar-refractivity contribution in [1.82, 2.24) is 29.8 Å². The molecule has 3 aromatic rings. The van der Waals surface area contributed by atoms with Crippen molar-refractivity contribution in [3.05, 3.63) is 59.4 Å². The number of hydrogen-bond donors (Lipinski definition) is 3. The van der Waals surface area contributed by atoms with E-state index < -0.39 is 28.0 Å². The van der Waals surface area contributed by atoms with E-state index in [1.807, 2.05) is 0 Å². The Kier molecular flexibility index (Phi) is 8.22. The SMILES string of the molecule is C[C@@H](C(=O)N1CCCC(NCc2cnc(N)nc2)C1)N1CCC(NS(=O)(=O)c2ccc3cc(Cl)ccc3c2)C1=O. The molecular weight excluding hydrogens is 554 g/mol. The fourth-order valence-electron chi connectivity index (χ4n) is 5.27. The summed E-state index contributed by atoms with van der Waals surface area (Å²) in [5.41, 5.74) is 6.44. The van der Waals surface area contributed by atoms with Crippen LogP contribution in [0.15, 0.2) is 53.7 Å². The topological polar surface area (TPSA) is 151 Å². The predicted octanol–water partition coefficient (Wildman–Crippen LogP) is 1.91. The number of nitrogens with zero attached hydrogens (tertiary/aromatic N) is 4. The predicted molar refractivity (Wildman–Crippen MR) is 152 cm³/mol. The van der Waals surface area contributed by atoms with Gasteiger partial charge in [-0.3, -0.25) is 9.59 Å². The van der Waals surface area contributed by atoms with E-state index in [1.54, 1.807) is 54.5 Å². The van der Waals surface area contributed by atoms with E-state index in [1.165, 1.54) is 11.0 Å². The second kappa shape index (κ2) is 11.7. The lowest BCUT2D eigenvalue weighted by Crippen LogP contribution is -2.54. The molecule has 2 amide bonds. The van der Waals surface area contributed by atoms with Gasteiger partial charge in [-0.2, -0.15) is 4.72 Å². The van der Waals surface area contributed by atoms with Gasteiger partial charge in [-0.25, -0.2) is 18.4 Å². The van der Waals surface area contributed by atoms with Crippen LogP contribution in [0, 0.1) is 0 Å². The van der Waals surface area contributed by atoms with Crippen molar-refractivity contribution in [1.29, 1.82) is 0 Å². The minimum absolute atomic E-state index is 0.0649. The molecule has 2 fully saturated rings. The summed E-state index contributed by atoms with van der Waals surface area (Å²) in [4.78, 5) is 37.9. The molecule has 2 saturated heterocycles. The number of piperidine rings is 1. The van der Waals surface area contributed by atoms with Gasteiger partial charge in [0, 0.05) is 55.2 Å². The molecule has 3 heterocycles. The smallest absolute Gasteiger partial charge is 0.245 e. The average Bonchev–Trinajstić information content (AvgIpc) is 3.30. The van der Waals surface area contributed by atoms with Crippen molar-refractivity contribution in [2.24, 2.45) is 0 Å². The highest BCUT2D eigenvalue weighted by Crippen LogP contribution is 2.24. The number of aromatic nitrogens is 2. The van der Waals surface area contributed by atoms with E-state index in [0.29, 0.717) is 31.2 Å². The van der Waals surface area contributed by atoms with Gasteiger partial charge in [0.2, 0.25) is 27.8 Å². The zero-order valence-electron chi connectivity index (χ0n) is 22.1. The molecule has 0 radical (unpaired) electrons. The Morgan fingerprint density at radius 2 is 1.85 bits per heavy atom. The van der Waals surface area contributed by atoms with Gasteiger partial charge in [0.1, 0.15) is 12.1 Å². The largest absolute Gasteiger partial charge is 0.368 e. The van der Waals surface area contributed by atoms with Crippen molar-refractivity contribution in [2.45, 2.75) is 55.8 Å². The highest BCUT2D eigenvalue weighted by molar-refractivity contribution is 7.89. The Balaban J connectivity index is 1.18. The Hall–Kier alpha value is -3.32. The van der Waals surface area contributed by atoms with Gasteiger partial charge in [0.25, 0.3) is 0 Å². The van der Waals surface area contributed by atoms with Gasteiger partial charge in [-0.15, -0.1) is 0 Å². The lowest BCUT2D eigenvalue weighted by atomic mass is 10.0. The van der Waals surface area contributed by atoms with Crippen LogP contribution >= 0.6 is 11.6 Å². The van der Waals surface area contributed by atoms with Crippen molar-refractivity contribution in [2.75, 3.05) is 25.4 Å². The molecule has 4 N–H and O–H groups in total. The number of hydrogen-bond acceptors (Lipinski definition) is 8. The number of nitrogens with two attached hydrogens (primary N) is 1. The number of nitrogens with one attached hydrogen (secondary N) is 2. The second-order valence-electron chi connectivity index (χ2n) is 10.3. The van der Waals surface area contributed by atoms with Crippen LogP contribution in [0.25, 0.3) is 10.8 Å². The molecule has 2 aliphatic rings. The molecule has 1 aromatic heterocycles. The summed E-state index contributed by atoms with van der Waals surface area (Å²) in [7, 11) is -3.96. The molecule has 3 atom stereocenters. The van der Waals surface area contributed by atoms with Gasteiger partial charge in [0.15, 0.2) is 0 Å². The van der Waals surface area contributed by atoms with Crippen LogP contribution in [0.2, 0.25) is 5.02 Å². The molecular formula is C27H32ClN7O4S. The summed E-state index contributed by atoms with van der Waals surface area (Å²) in [5, 5.41) is 5.54. The molecule has 2 unspecified atom stereocenters. The fourth-order valence-corrected chi connectivity index (χ4v) is 6.71. The molecule has 40 heavy (non-hydrogen) atoms. The molecule has 212 valence electrons. The molecule has 0 saturated carbocycles. The zero-order chi connectivity index (χ0) is 28.4. The second-order valence-corrected chi connectivity index (χ2v) is 12.4. The van der Waals surface area contributed by atoms with E-state index in [2.05, 4.69) is 20.0 Å². The maximum atomic E-state index is 13.4. The number of rotatable bonds is 8. The van der Waals surface area contributed by atoms with Crippen LogP contribution in [-0.4, -0.2) is 77.8 Å². The number of likely N-dealkylation sites (tertiary alicyclic amines) is 2. The summed E-state index contributed by atoms with van der Waals surface area (Å²) in [6.45, 7) is 3.68. The number of fused-ring (bicyclic) bond motifs is 1. The van der Waals surface area contributed by atoms with Crippen LogP contribution in [0.5, 0.6) is 0 Å². The zero-order valence-corrected chi connectivity index (χ0v) is 23.7. The van der Waals surface area contributed by atoms with Crippen molar-refractivity contribution in [3.8, 4) is 0 Å².